The summed E-state index contributed by atoms with van der Waals surface area (Å²) in [4.78, 5) is 10.7. The molecule has 0 heterocycles. The van der Waals surface area contributed by atoms with E-state index in [1.54, 1.807) is 6.92 Å². The molecular formula is C15H11ClF3NO3. The molecule has 0 saturated heterocycles. The molecule has 0 aliphatic carbocycles. The fourth-order valence-electron chi connectivity index (χ4n) is 1.79. The van der Waals surface area contributed by atoms with Crippen LogP contribution in [0.2, 0.25) is 5.02 Å². The number of halogens is 4. The SMILES string of the molecule is CCOc1cc(Oc2ccc(C(F)(F)F)cc2Cl)ccc1N=O. The lowest BCUT2D eigenvalue weighted by atomic mass is 10.2. The highest BCUT2D eigenvalue weighted by atomic mass is 35.5. The molecule has 0 fully saturated rings. The molecule has 0 unspecified atom stereocenters. The minimum absolute atomic E-state index is 0.0499. The van der Waals surface area contributed by atoms with Crippen LogP contribution in [-0.2, 0) is 6.18 Å². The van der Waals surface area contributed by atoms with E-state index in [9.17, 15) is 18.1 Å². The average Bonchev–Trinajstić information content (AvgIpc) is 2.49. The second-order valence-electron chi connectivity index (χ2n) is 4.40. The molecule has 8 heteroatoms. The zero-order valence-corrected chi connectivity index (χ0v) is 12.6. The van der Waals surface area contributed by atoms with Gasteiger partial charge in [-0.1, -0.05) is 11.6 Å². The van der Waals surface area contributed by atoms with Gasteiger partial charge in [-0.25, -0.2) is 0 Å². The Balaban J connectivity index is 2.29. The van der Waals surface area contributed by atoms with Crippen LogP contribution < -0.4 is 9.47 Å². The van der Waals surface area contributed by atoms with Crippen LogP contribution in [0.3, 0.4) is 0 Å². The summed E-state index contributed by atoms with van der Waals surface area (Å²) < 4.78 is 48.5. The van der Waals surface area contributed by atoms with Gasteiger partial charge in [-0.3, -0.25) is 0 Å². The van der Waals surface area contributed by atoms with Gasteiger partial charge in [0.1, 0.15) is 17.2 Å². The number of ether oxygens (including phenoxy) is 2. The Bertz CT molecular complexity index is 720. The van der Waals surface area contributed by atoms with Crippen LogP contribution >= 0.6 is 11.6 Å². The molecule has 0 aromatic heterocycles. The van der Waals surface area contributed by atoms with Gasteiger partial charge in [-0.15, -0.1) is 4.91 Å². The van der Waals surface area contributed by atoms with Crippen molar-refractivity contribution in [3.63, 3.8) is 0 Å². The quantitative estimate of drug-likeness (QED) is 0.629. The van der Waals surface area contributed by atoms with E-state index in [1.165, 1.54) is 18.2 Å². The number of rotatable bonds is 5. The molecule has 23 heavy (non-hydrogen) atoms. The van der Waals surface area contributed by atoms with Crippen molar-refractivity contribution in [2.75, 3.05) is 6.61 Å². The summed E-state index contributed by atoms with van der Waals surface area (Å²) in [7, 11) is 0. The van der Waals surface area contributed by atoms with E-state index in [0.717, 1.165) is 18.2 Å². The van der Waals surface area contributed by atoms with Gasteiger partial charge in [0.15, 0.2) is 5.75 Å². The number of nitroso groups, excluding NO2 is 1. The Labute approximate surface area is 134 Å². The number of hydrogen-bond acceptors (Lipinski definition) is 4. The smallest absolute Gasteiger partial charge is 0.416 e. The van der Waals surface area contributed by atoms with E-state index in [1.807, 2.05) is 0 Å². The lowest BCUT2D eigenvalue weighted by molar-refractivity contribution is -0.137. The van der Waals surface area contributed by atoms with E-state index >= 15 is 0 Å². The maximum atomic E-state index is 12.6. The second-order valence-corrected chi connectivity index (χ2v) is 4.81. The largest absolute Gasteiger partial charge is 0.491 e. The number of benzene rings is 2. The molecule has 2 rings (SSSR count). The van der Waals surface area contributed by atoms with Crippen molar-refractivity contribution in [2.45, 2.75) is 13.1 Å². The minimum Gasteiger partial charge on any atom is -0.491 e. The average molecular weight is 346 g/mol. The Morgan fingerprint density at radius 2 is 1.87 bits per heavy atom. The van der Waals surface area contributed by atoms with Crippen molar-refractivity contribution < 1.29 is 22.6 Å². The molecule has 0 radical (unpaired) electrons. The number of hydrogen-bond donors (Lipinski definition) is 0. The predicted molar refractivity (Wildman–Crippen MR) is 79.6 cm³/mol. The van der Waals surface area contributed by atoms with E-state index < -0.39 is 11.7 Å². The van der Waals surface area contributed by atoms with Crippen LogP contribution in [0.15, 0.2) is 41.6 Å². The van der Waals surface area contributed by atoms with Crippen LogP contribution in [0.5, 0.6) is 17.2 Å². The van der Waals surface area contributed by atoms with Crippen molar-refractivity contribution in [3.05, 3.63) is 51.9 Å². The topological polar surface area (TPSA) is 47.9 Å². The summed E-state index contributed by atoms with van der Waals surface area (Å²) in [6.07, 6.45) is -4.48. The van der Waals surface area contributed by atoms with E-state index in [0.29, 0.717) is 6.61 Å². The van der Waals surface area contributed by atoms with Gasteiger partial charge in [-0.2, -0.15) is 13.2 Å². The Morgan fingerprint density at radius 3 is 2.43 bits per heavy atom. The molecule has 0 bridgehead atoms. The normalized spacial score (nSPS) is 11.2. The van der Waals surface area contributed by atoms with Crippen LogP contribution in [0, 0.1) is 4.91 Å². The lowest BCUT2D eigenvalue weighted by Gasteiger charge is -2.12. The molecular weight excluding hydrogens is 335 g/mol. The lowest BCUT2D eigenvalue weighted by Crippen LogP contribution is -2.04. The standard InChI is InChI=1S/C15H11ClF3NO3/c1-2-22-14-8-10(4-5-12(14)20-21)23-13-6-3-9(7-11(13)16)15(17,18)19/h3-8H,2H2,1H3. The van der Waals surface area contributed by atoms with E-state index in [-0.39, 0.29) is 28.0 Å². The molecule has 0 amide bonds. The summed E-state index contributed by atoms with van der Waals surface area (Å²) in [6.45, 7) is 2.04. The first-order valence-corrected chi connectivity index (χ1v) is 6.87. The number of alkyl halides is 3. The van der Waals surface area contributed by atoms with E-state index in [4.69, 9.17) is 21.1 Å². The van der Waals surface area contributed by atoms with Gasteiger partial charge in [-0.05, 0) is 42.4 Å². The number of nitrogens with zero attached hydrogens (tertiary/aromatic N) is 1. The molecule has 0 aliphatic rings. The summed E-state index contributed by atoms with van der Waals surface area (Å²) in [5.74, 6) is 0.513. The van der Waals surface area contributed by atoms with Gasteiger partial charge in [0.25, 0.3) is 0 Å². The van der Waals surface area contributed by atoms with Crippen molar-refractivity contribution >= 4 is 17.3 Å². The zero-order chi connectivity index (χ0) is 17.0. The van der Waals surface area contributed by atoms with Crippen LogP contribution in [-0.4, -0.2) is 6.61 Å². The zero-order valence-electron chi connectivity index (χ0n) is 11.9. The van der Waals surface area contributed by atoms with Crippen LogP contribution in [0.25, 0.3) is 0 Å². The molecule has 0 saturated carbocycles. The maximum Gasteiger partial charge on any atom is 0.416 e. The van der Waals surface area contributed by atoms with E-state index in [2.05, 4.69) is 5.18 Å². The molecule has 0 atom stereocenters. The molecule has 122 valence electrons. The summed E-state index contributed by atoms with van der Waals surface area (Å²) in [6, 6.07) is 7.00. The van der Waals surface area contributed by atoms with Crippen LogP contribution in [0.4, 0.5) is 18.9 Å². The fraction of sp³-hybridized carbons (Fsp3) is 0.200. The van der Waals surface area contributed by atoms with Crippen molar-refractivity contribution in [1.29, 1.82) is 0 Å². The predicted octanol–water partition coefficient (Wildman–Crippen LogP) is 5.95. The highest BCUT2D eigenvalue weighted by molar-refractivity contribution is 6.32. The first kappa shape index (κ1) is 17.1. The summed E-state index contributed by atoms with van der Waals surface area (Å²) in [5, 5.41) is 2.63. The minimum atomic E-state index is -4.48. The fourth-order valence-corrected chi connectivity index (χ4v) is 2.01. The summed E-state index contributed by atoms with van der Waals surface area (Å²) in [5.41, 5.74) is -0.775. The van der Waals surface area contributed by atoms with Gasteiger partial charge < -0.3 is 9.47 Å². The molecule has 0 aliphatic heterocycles. The Kier molecular flexibility index (Phi) is 5.10. The van der Waals surface area contributed by atoms with Gasteiger partial charge in [0, 0.05) is 6.07 Å². The van der Waals surface area contributed by atoms with Crippen molar-refractivity contribution in [3.8, 4) is 17.2 Å². The van der Waals surface area contributed by atoms with Crippen LogP contribution in [0.1, 0.15) is 12.5 Å². The molecule has 4 nitrogen and oxygen atoms in total. The third-order valence-corrected chi connectivity index (χ3v) is 3.11. The molecule has 0 N–H and O–H groups in total. The first-order chi connectivity index (χ1) is 10.8. The Morgan fingerprint density at radius 1 is 1.13 bits per heavy atom. The Hall–Kier alpha value is -2.28. The molecule has 2 aromatic carbocycles. The van der Waals surface area contributed by atoms with Gasteiger partial charge in [0.05, 0.1) is 17.2 Å². The first-order valence-electron chi connectivity index (χ1n) is 6.50. The van der Waals surface area contributed by atoms with Crippen molar-refractivity contribution in [1.82, 2.24) is 0 Å². The third kappa shape index (κ3) is 4.13. The highest BCUT2D eigenvalue weighted by Gasteiger charge is 2.31. The van der Waals surface area contributed by atoms with Gasteiger partial charge >= 0.3 is 6.18 Å². The second kappa shape index (κ2) is 6.87. The van der Waals surface area contributed by atoms with Gasteiger partial charge in [0.2, 0.25) is 0 Å². The molecule has 0 spiro atoms. The summed E-state index contributed by atoms with van der Waals surface area (Å²) >= 11 is 5.82. The molecule has 2 aromatic rings. The monoisotopic (exact) mass is 345 g/mol. The third-order valence-electron chi connectivity index (χ3n) is 2.82. The maximum absolute atomic E-state index is 12.6. The highest BCUT2D eigenvalue weighted by Crippen LogP contribution is 2.38. The van der Waals surface area contributed by atoms with Crippen molar-refractivity contribution in [2.24, 2.45) is 5.18 Å².